The Morgan fingerprint density at radius 1 is 1.29 bits per heavy atom. The number of rotatable bonds is 2. The van der Waals surface area contributed by atoms with Gasteiger partial charge in [-0.25, -0.2) is 0 Å². The molecule has 1 heterocycles. The largest absolute Gasteiger partial charge is 0.389 e. The number of carbonyl (C=O) groups excluding carboxylic acids is 1. The highest BCUT2D eigenvalue weighted by molar-refractivity contribution is 5.76. The van der Waals surface area contributed by atoms with Crippen LogP contribution in [-0.2, 0) is 4.79 Å². The number of hydrogen-bond acceptors (Lipinski definition) is 2. The van der Waals surface area contributed by atoms with E-state index in [4.69, 9.17) is 5.73 Å². The Balaban J connectivity index is 1.83. The summed E-state index contributed by atoms with van der Waals surface area (Å²) >= 11 is 0. The number of halogens is 3. The molecule has 0 aromatic rings. The molecular weight excluding hydrogens is 233 g/mol. The second-order valence-electron chi connectivity index (χ2n) is 5.08. The molecule has 0 spiro atoms. The number of nitrogens with zero attached hydrogens (tertiary/aromatic N) is 1. The van der Waals surface area contributed by atoms with E-state index < -0.39 is 19.0 Å². The number of hydrogen-bond donors (Lipinski definition) is 1. The minimum atomic E-state index is -4.25. The molecule has 0 aromatic heterocycles. The summed E-state index contributed by atoms with van der Waals surface area (Å²) in [6, 6.07) is 0.111. The van der Waals surface area contributed by atoms with Crippen LogP contribution in [0.2, 0.25) is 0 Å². The van der Waals surface area contributed by atoms with Gasteiger partial charge in [0.2, 0.25) is 5.91 Å². The molecule has 3 nitrogen and oxygen atoms in total. The average molecular weight is 250 g/mol. The van der Waals surface area contributed by atoms with Crippen molar-refractivity contribution in [3.63, 3.8) is 0 Å². The Bertz CT molecular complexity index is 306. The number of carbonyl (C=O) groups is 1. The van der Waals surface area contributed by atoms with Gasteiger partial charge in [-0.2, -0.15) is 13.2 Å². The van der Waals surface area contributed by atoms with E-state index in [-0.39, 0.29) is 11.9 Å². The molecule has 1 aliphatic carbocycles. The molecule has 1 aliphatic heterocycles. The first kappa shape index (κ1) is 12.7. The van der Waals surface area contributed by atoms with Gasteiger partial charge in [-0.3, -0.25) is 4.79 Å². The molecule has 3 atom stereocenters. The number of fused-ring (bicyclic) bond motifs is 1. The van der Waals surface area contributed by atoms with Crippen LogP contribution in [0.3, 0.4) is 0 Å². The van der Waals surface area contributed by atoms with Gasteiger partial charge in [0.15, 0.2) is 0 Å². The van der Waals surface area contributed by atoms with Crippen molar-refractivity contribution in [2.75, 3.05) is 13.1 Å². The van der Waals surface area contributed by atoms with E-state index in [9.17, 15) is 18.0 Å². The van der Waals surface area contributed by atoms with E-state index in [1.165, 1.54) is 0 Å². The van der Waals surface area contributed by atoms with Crippen LogP contribution in [0.25, 0.3) is 0 Å². The first-order chi connectivity index (χ1) is 7.87. The Hall–Kier alpha value is -0.780. The quantitative estimate of drug-likeness (QED) is 0.807. The summed E-state index contributed by atoms with van der Waals surface area (Å²) in [5, 5.41) is 0. The van der Waals surface area contributed by atoms with Gasteiger partial charge in [0.1, 0.15) is 0 Å². The second-order valence-corrected chi connectivity index (χ2v) is 5.08. The Kier molecular flexibility index (Phi) is 3.34. The van der Waals surface area contributed by atoms with Crippen LogP contribution in [0, 0.1) is 11.8 Å². The molecule has 1 saturated carbocycles. The lowest BCUT2D eigenvalue weighted by Gasteiger charge is -2.19. The fourth-order valence-electron chi connectivity index (χ4n) is 2.92. The first-order valence-electron chi connectivity index (χ1n) is 5.97. The van der Waals surface area contributed by atoms with Crippen LogP contribution in [0.5, 0.6) is 0 Å². The van der Waals surface area contributed by atoms with Gasteiger partial charge >= 0.3 is 6.18 Å². The van der Waals surface area contributed by atoms with Crippen LogP contribution in [0.4, 0.5) is 13.2 Å². The fourth-order valence-corrected chi connectivity index (χ4v) is 2.92. The third kappa shape index (κ3) is 2.91. The van der Waals surface area contributed by atoms with Crippen molar-refractivity contribution in [1.82, 2.24) is 4.90 Å². The molecule has 2 fully saturated rings. The molecule has 1 amide bonds. The summed E-state index contributed by atoms with van der Waals surface area (Å²) in [5.41, 5.74) is 5.91. The zero-order chi connectivity index (χ0) is 12.6. The lowest BCUT2D eigenvalue weighted by Crippen LogP contribution is -2.33. The van der Waals surface area contributed by atoms with Crippen molar-refractivity contribution in [2.24, 2.45) is 17.6 Å². The van der Waals surface area contributed by atoms with E-state index in [2.05, 4.69) is 0 Å². The SMILES string of the molecule is NC1CCC2CN(C(=O)CCC(F)(F)F)CC12. The van der Waals surface area contributed by atoms with Crippen molar-refractivity contribution < 1.29 is 18.0 Å². The molecule has 2 aliphatic rings. The van der Waals surface area contributed by atoms with Gasteiger partial charge in [-0.05, 0) is 24.7 Å². The number of amides is 1. The lowest BCUT2D eigenvalue weighted by molar-refractivity contribution is -0.148. The van der Waals surface area contributed by atoms with Gasteiger partial charge < -0.3 is 10.6 Å². The number of nitrogens with two attached hydrogens (primary N) is 1. The molecule has 6 heteroatoms. The second kappa shape index (κ2) is 4.48. The van der Waals surface area contributed by atoms with Crippen LogP contribution in [0.1, 0.15) is 25.7 Å². The molecule has 0 aromatic carbocycles. The van der Waals surface area contributed by atoms with Crippen LogP contribution in [-0.4, -0.2) is 36.1 Å². The maximum Gasteiger partial charge on any atom is 0.389 e. The van der Waals surface area contributed by atoms with E-state index >= 15 is 0 Å². The van der Waals surface area contributed by atoms with Crippen molar-refractivity contribution in [3.8, 4) is 0 Å². The monoisotopic (exact) mass is 250 g/mol. The molecular formula is C11H17F3N2O. The summed E-state index contributed by atoms with van der Waals surface area (Å²) in [5.74, 6) is 0.314. The Morgan fingerprint density at radius 3 is 2.59 bits per heavy atom. The minimum absolute atomic E-state index is 0.111. The molecule has 1 saturated heterocycles. The molecule has 2 N–H and O–H groups in total. The zero-order valence-corrected chi connectivity index (χ0v) is 9.54. The summed E-state index contributed by atoms with van der Waals surface area (Å²) in [7, 11) is 0. The average Bonchev–Trinajstić information content (AvgIpc) is 2.77. The minimum Gasteiger partial charge on any atom is -0.342 e. The van der Waals surface area contributed by atoms with Crippen LogP contribution >= 0.6 is 0 Å². The summed E-state index contributed by atoms with van der Waals surface area (Å²) < 4.78 is 36.0. The molecule has 0 radical (unpaired) electrons. The maximum absolute atomic E-state index is 12.0. The Morgan fingerprint density at radius 2 is 2.00 bits per heavy atom. The predicted molar refractivity (Wildman–Crippen MR) is 56.1 cm³/mol. The molecule has 17 heavy (non-hydrogen) atoms. The van der Waals surface area contributed by atoms with Crippen molar-refractivity contribution in [2.45, 2.75) is 37.9 Å². The zero-order valence-electron chi connectivity index (χ0n) is 9.54. The van der Waals surface area contributed by atoms with Crippen molar-refractivity contribution in [3.05, 3.63) is 0 Å². The fraction of sp³-hybridized carbons (Fsp3) is 0.909. The highest BCUT2D eigenvalue weighted by atomic mass is 19.4. The van der Waals surface area contributed by atoms with Crippen molar-refractivity contribution in [1.29, 1.82) is 0 Å². The molecule has 2 rings (SSSR count). The summed E-state index contributed by atoms with van der Waals surface area (Å²) in [4.78, 5) is 13.2. The normalized spacial score (nSPS) is 32.9. The smallest absolute Gasteiger partial charge is 0.342 e. The van der Waals surface area contributed by atoms with Crippen LogP contribution < -0.4 is 5.73 Å². The van der Waals surface area contributed by atoms with Gasteiger partial charge in [0.25, 0.3) is 0 Å². The summed E-state index contributed by atoms with van der Waals surface area (Å²) in [6.45, 7) is 1.14. The number of alkyl halides is 3. The van der Waals surface area contributed by atoms with E-state index in [0.717, 1.165) is 12.8 Å². The summed E-state index contributed by atoms with van der Waals surface area (Å²) in [6.07, 6.45) is -3.74. The van der Waals surface area contributed by atoms with Gasteiger partial charge in [-0.1, -0.05) is 0 Å². The molecule has 98 valence electrons. The molecule has 3 unspecified atom stereocenters. The third-order valence-electron chi connectivity index (χ3n) is 3.89. The van der Waals surface area contributed by atoms with E-state index in [1.54, 1.807) is 4.90 Å². The third-order valence-corrected chi connectivity index (χ3v) is 3.89. The van der Waals surface area contributed by atoms with E-state index in [1.807, 2.05) is 0 Å². The predicted octanol–water partition coefficient (Wildman–Crippen LogP) is 1.52. The maximum atomic E-state index is 12.0. The number of likely N-dealkylation sites (tertiary alicyclic amines) is 1. The topological polar surface area (TPSA) is 46.3 Å². The van der Waals surface area contributed by atoms with Crippen LogP contribution in [0.15, 0.2) is 0 Å². The highest BCUT2D eigenvalue weighted by Crippen LogP contribution is 2.37. The lowest BCUT2D eigenvalue weighted by atomic mass is 9.98. The van der Waals surface area contributed by atoms with Gasteiger partial charge in [0, 0.05) is 25.6 Å². The first-order valence-corrected chi connectivity index (χ1v) is 5.97. The molecule has 0 bridgehead atoms. The van der Waals surface area contributed by atoms with Crippen molar-refractivity contribution >= 4 is 5.91 Å². The van der Waals surface area contributed by atoms with E-state index in [0.29, 0.717) is 24.9 Å². The highest BCUT2D eigenvalue weighted by Gasteiger charge is 2.42. The van der Waals surface area contributed by atoms with Gasteiger partial charge in [0.05, 0.1) is 6.42 Å². The van der Waals surface area contributed by atoms with Gasteiger partial charge in [-0.15, -0.1) is 0 Å². The standard InChI is InChI=1S/C11H17F3N2O/c12-11(13,14)4-3-10(17)16-5-7-1-2-9(15)8(7)6-16/h7-9H,1-6,15H2. The Labute approximate surface area is 98.1 Å².